The number of aromatic nitrogens is 3. The van der Waals surface area contributed by atoms with Crippen molar-refractivity contribution < 1.29 is 8.78 Å². The standard InChI is InChI=1S/C10H8F2IN5/c11-9-4-6(13)5(10(12)14-9)3-8-7-1-2-18(16-7)17-15-8/h1-2,4,8,15,17H,3H2. The second-order valence-corrected chi connectivity index (χ2v) is 5.06. The highest BCUT2D eigenvalue weighted by Gasteiger charge is 2.22. The Labute approximate surface area is 115 Å². The van der Waals surface area contributed by atoms with Gasteiger partial charge >= 0.3 is 0 Å². The molecule has 0 amide bonds. The molecule has 1 aliphatic heterocycles. The molecule has 0 spiro atoms. The van der Waals surface area contributed by atoms with E-state index in [1.165, 1.54) is 10.9 Å². The van der Waals surface area contributed by atoms with Gasteiger partial charge in [0.1, 0.15) is 0 Å². The minimum Gasteiger partial charge on any atom is -0.242 e. The van der Waals surface area contributed by atoms with E-state index in [9.17, 15) is 8.78 Å². The summed E-state index contributed by atoms with van der Waals surface area (Å²) in [4.78, 5) is 4.73. The van der Waals surface area contributed by atoms with E-state index in [1.54, 1.807) is 6.20 Å². The first-order valence-electron chi connectivity index (χ1n) is 5.21. The molecule has 0 saturated heterocycles. The van der Waals surface area contributed by atoms with Crippen LogP contribution >= 0.6 is 22.6 Å². The molecule has 2 aromatic rings. The maximum Gasteiger partial charge on any atom is 0.219 e. The number of pyridine rings is 1. The second-order valence-electron chi connectivity index (χ2n) is 3.89. The van der Waals surface area contributed by atoms with Crippen molar-refractivity contribution >= 4 is 22.6 Å². The topological polar surface area (TPSA) is 54.8 Å². The average molecular weight is 363 g/mol. The third-order valence-corrected chi connectivity index (χ3v) is 3.68. The maximum absolute atomic E-state index is 13.6. The summed E-state index contributed by atoms with van der Waals surface area (Å²) in [6, 6.07) is 2.88. The quantitative estimate of drug-likeness (QED) is 0.628. The minimum atomic E-state index is -0.806. The fraction of sp³-hybridized carbons (Fsp3) is 0.200. The molecular formula is C10H8F2IN5. The molecule has 0 aliphatic carbocycles. The summed E-state index contributed by atoms with van der Waals surface area (Å²) in [5, 5.41) is 4.19. The maximum atomic E-state index is 13.6. The van der Waals surface area contributed by atoms with Gasteiger partial charge in [0, 0.05) is 21.6 Å². The highest BCUT2D eigenvalue weighted by atomic mass is 127. The monoisotopic (exact) mass is 363 g/mol. The number of nitrogens with zero attached hydrogens (tertiary/aromatic N) is 3. The van der Waals surface area contributed by atoms with Crippen molar-refractivity contribution in [2.24, 2.45) is 0 Å². The number of hydrogen-bond acceptors (Lipinski definition) is 4. The Bertz CT molecular complexity index is 577. The van der Waals surface area contributed by atoms with Crippen molar-refractivity contribution in [2.75, 3.05) is 5.53 Å². The van der Waals surface area contributed by atoms with Crippen molar-refractivity contribution in [1.29, 1.82) is 0 Å². The number of rotatable bonds is 2. The van der Waals surface area contributed by atoms with Crippen LogP contribution in [0.2, 0.25) is 0 Å². The zero-order chi connectivity index (χ0) is 12.7. The van der Waals surface area contributed by atoms with Crippen LogP contribution in [0, 0.1) is 15.5 Å². The molecule has 94 valence electrons. The third kappa shape index (κ3) is 2.05. The van der Waals surface area contributed by atoms with E-state index in [0.717, 1.165) is 5.69 Å². The molecule has 1 aliphatic rings. The first kappa shape index (κ1) is 11.8. The number of hydrogen-bond donors (Lipinski definition) is 2. The van der Waals surface area contributed by atoms with E-state index in [4.69, 9.17) is 0 Å². The lowest BCUT2D eigenvalue weighted by Gasteiger charge is -2.21. The Balaban J connectivity index is 1.90. The van der Waals surface area contributed by atoms with Gasteiger partial charge in [0.25, 0.3) is 0 Å². The summed E-state index contributed by atoms with van der Waals surface area (Å²) in [6.45, 7) is 0. The molecule has 2 aromatic heterocycles. The molecule has 3 rings (SSSR count). The first-order chi connectivity index (χ1) is 8.63. The van der Waals surface area contributed by atoms with Crippen LogP contribution in [0.25, 0.3) is 0 Å². The third-order valence-electron chi connectivity index (χ3n) is 2.72. The van der Waals surface area contributed by atoms with Gasteiger partial charge in [-0.05, 0) is 28.7 Å². The van der Waals surface area contributed by atoms with Crippen LogP contribution in [0.4, 0.5) is 8.78 Å². The predicted molar refractivity (Wildman–Crippen MR) is 68.0 cm³/mol. The van der Waals surface area contributed by atoms with E-state index >= 15 is 0 Å². The fourth-order valence-electron chi connectivity index (χ4n) is 1.83. The van der Waals surface area contributed by atoms with Crippen LogP contribution in [0.15, 0.2) is 18.3 Å². The van der Waals surface area contributed by atoms with Crippen LogP contribution in [0.1, 0.15) is 17.3 Å². The highest BCUT2D eigenvalue weighted by molar-refractivity contribution is 14.1. The lowest BCUT2D eigenvalue weighted by molar-refractivity contribution is 0.445. The Morgan fingerprint density at radius 2 is 2.28 bits per heavy atom. The number of halogens is 3. The summed E-state index contributed by atoms with van der Waals surface area (Å²) < 4.78 is 27.1. The van der Waals surface area contributed by atoms with Crippen LogP contribution in [-0.4, -0.2) is 14.9 Å². The Kier molecular flexibility index (Phi) is 2.90. The molecule has 1 atom stereocenters. The van der Waals surface area contributed by atoms with Gasteiger partial charge < -0.3 is 0 Å². The van der Waals surface area contributed by atoms with Crippen molar-refractivity contribution in [3.8, 4) is 0 Å². The summed E-state index contributed by atoms with van der Waals surface area (Å²) in [7, 11) is 0. The van der Waals surface area contributed by atoms with Gasteiger partial charge in [0.05, 0.1) is 17.9 Å². The van der Waals surface area contributed by atoms with E-state index in [0.29, 0.717) is 15.6 Å². The van der Waals surface area contributed by atoms with Crippen LogP contribution in [-0.2, 0) is 6.42 Å². The van der Waals surface area contributed by atoms with Crippen molar-refractivity contribution in [3.63, 3.8) is 0 Å². The predicted octanol–water partition coefficient (Wildman–Crippen LogP) is 1.51. The van der Waals surface area contributed by atoms with Crippen molar-refractivity contribution in [1.82, 2.24) is 20.3 Å². The van der Waals surface area contributed by atoms with E-state index in [2.05, 4.69) is 21.0 Å². The number of fused-ring (bicyclic) bond motifs is 2. The Morgan fingerprint density at radius 3 is 3.06 bits per heavy atom. The van der Waals surface area contributed by atoms with Gasteiger partial charge in [0.15, 0.2) is 0 Å². The molecule has 0 saturated carbocycles. The highest BCUT2D eigenvalue weighted by Crippen LogP contribution is 2.23. The molecular weight excluding hydrogens is 355 g/mol. The summed E-state index contributed by atoms with van der Waals surface area (Å²) in [5.41, 5.74) is 6.99. The normalized spacial score (nSPS) is 17.6. The van der Waals surface area contributed by atoms with Crippen LogP contribution in [0.3, 0.4) is 0 Å². The average Bonchev–Trinajstić information content (AvgIpc) is 2.69. The molecule has 0 radical (unpaired) electrons. The number of nitrogens with one attached hydrogen (secondary N) is 2. The fourth-order valence-corrected chi connectivity index (χ4v) is 2.53. The van der Waals surface area contributed by atoms with Crippen LogP contribution in [0.5, 0.6) is 0 Å². The number of hydrazine groups is 1. The SMILES string of the molecule is Fc1cc(I)c(CC2NNn3ccc2n3)c(F)n1. The zero-order valence-corrected chi connectivity index (χ0v) is 11.1. The lowest BCUT2D eigenvalue weighted by atomic mass is 10.1. The van der Waals surface area contributed by atoms with E-state index in [-0.39, 0.29) is 6.04 Å². The van der Waals surface area contributed by atoms with Gasteiger partial charge in [0.2, 0.25) is 11.9 Å². The summed E-state index contributed by atoms with van der Waals surface area (Å²) in [6.07, 6.45) is 2.11. The molecule has 0 fully saturated rings. The molecule has 1 unspecified atom stereocenters. The van der Waals surface area contributed by atoms with E-state index in [1.807, 2.05) is 28.7 Å². The summed E-state index contributed by atoms with van der Waals surface area (Å²) in [5.74, 6) is -1.58. The zero-order valence-electron chi connectivity index (χ0n) is 8.99. The van der Waals surface area contributed by atoms with Crippen molar-refractivity contribution in [2.45, 2.75) is 12.5 Å². The molecule has 0 aromatic carbocycles. The van der Waals surface area contributed by atoms with Gasteiger partial charge in [-0.3, -0.25) is 0 Å². The lowest BCUT2D eigenvalue weighted by Crippen LogP contribution is -2.39. The van der Waals surface area contributed by atoms with Crippen LogP contribution < -0.4 is 11.0 Å². The van der Waals surface area contributed by atoms with Gasteiger partial charge in [-0.15, -0.1) is 0 Å². The largest absolute Gasteiger partial charge is 0.242 e. The molecule has 5 nitrogen and oxygen atoms in total. The van der Waals surface area contributed by atoms with Crippen molar-refractivity contribution in [3.05, 3.63) is 45.1 Å². The second kappa shape index (κ2) is 4.43. The molecule has 2 N–H and O–H groups in total. The molecule has 18 heavy (non-hydrogen) atoms. The smallest absolute Gasteiger partial charge is 0.219 e. The van der Waals surface area contributed by atoms with Gasteiger partial charge in [-0.1, -0.05) is 0 Å². The van der Waals surface area contributed by atoms with E-state index < -0.39 is 11.9 Å². The minimum absolute atomic E-state index is 0.171. The molecule has 2 bridgehead atoms. The molecule has 3 heterocycles. The van der Waals surface area contributed by atoms with Gasteiger partial charge in [-0.25, -0.2) is 11.0 Å². The first-order valence-corrected chi connectivity index (χ1v) is 6.29. The Hall–Kier alpha value is -1.29. The Morgan fingerprint density at radius 1 is 1.44 bits per heavy atom. The molecule has 8 heteroatoms. The van der Waals surface area contributed by atoms with Gasteiger partial charge in [-0.2, -0.15) is 23.7 Å². The summed E-state index contributed by atoms with van der Waals surface area (Å²) >= 11 is 1.90.